The molecule has 5 heteroatoms. The minimum atomic E-state index is -1.17. The smallest absolute Gasteiger partial charge is 0.220 e. The number of aliphatic hydroxyl groups is 3. The van der Waals surface area contributed by atoms with E-state index in [0.717, 1.165) is 57.8 Å². The molecule has 0 rings (SSSR count). The van der Waals surface area contributed by atoms with Crippen molar-refractivity contribution in [2.75, 3.05) is 6.61 Å². The molecule has 0 fully saturated rings. The van der Waals surface area contributed by atoms with Gasteiger partial charge in [0.15, 0.2) is 0 Å². The summed E-state index contributed by atoms with van der Waals surface area (Å²) in [6, 6.07) is -0.833. The van der Waals surface area contributed by atoms with Gasteiger partial charge < -0.3 is 20.6 Å². The SMILES string of the molecule is CCC/C=C/CC/C=C/CCCC(O)C(O)C(CO)NC(=O)CCCCCCCCCCCCC/C=C\C/C=C\CCCCCCCCCCC. The van der Waals surface area contributed by atoms with Crippen molar-refractivity contribution in [3.8, 4) is 0 Å². The van der Waals surface area contributed by atoms with Crippen LogP contribution in [0.2, 0.25) is 0 Å². The number of nitrogens with one attached hydrogen (secondary N) is 1. The first-order chi connectivity index (χ1) is 25.1. The van der Waals surface area contributed by atoms with Crippen molar-refractivity contribution < 1.29 is 20.1 Å². The van der Waals surface area contributed by atoms with Crippen LogP contribution in [0, 0.1) is 0 Å². The van der Waals surface area contributed by atoms with Crippen LogP contribution >= 0.6 is 0 Å². The second-order valence-electron chi connectivity index (χ2n) is 14.9. The van der Waals surface area contributed by atoms with E-state index in [9.17, 15) is 20.1 Å². The van der Waals surface area contributed by atoms with E-state index in [-0.39, 0.29) is 12.5 Å². The summed E-state index contributed by atoms with van der Waals surface area (Å²) in [5, 5.41) is 33.3. The lowest BCUT2D eigenvalue weighted by Crippen LogP contribution is -2.50. The molecule has 1 amide bonds. The Morgan fingerprint density at radius 2 is 0.902 bits per heavy atom. The van der Waals surface area contributed by atoms with Crippen molar-refractivity contribution in [1.82, 2.24) is 5.32 Å². The van der Waals surface area contributed by atoms with E-state index in [0.29, 0.717) is 12.8 Å². The predicted molar refractivity (Wildman–Crippen MR) is 222 cm³/mol. The van der Waals surface area contributed by atoms with E-state index < -0.39 is 18.2 Å². The molecular formula is C46H85NO4. The summed E-state index contributed by atoms with van der Waals surface area (Å²) < 4.78 is 0. The van der Waals surface area contributed by atoms with Crippen molar-refractivity contribution in [3.05, 3.63) is 48.6 Å². The highest BCUT2D eigenvalue weighted by Gasteiger charge is 2.26. The lowest BCUT2D eigenvalue weighted by atomic mass is 10.0. The van der Waals surface area contributed by atoms with Gasteiger partial charge in [0.2, 0.25) is 5.91 Å². The monoisotopic (exact) mass is 716 g/mol. The fourth-order valence-electron chi connectivity index (χ4n) is 6.45. The minimum Gasteiger partial charge on any atom is -0.394 e. The highest BCUT2D eigenvalue weighted by atomic mass is 16.3. The topological polar surface area (TPSA) is 89.8 Å². The number of hydrogen-bond acceptors (Lipinski definition) is 4. The first kappa shape index (κ1) is 49.3. The third kappa shape index (κ3) is 36.5. The molecular weight excluding hydrogens is 631 g/mol. The van der Waals surface area contributed by atoms with E-state index in [1.54, 1.807) is 0 Å². The number of unbranched alkanes of at least 4 members (excludes halogenated alkanes) is 23. The molecule has 51 heavy (non-hydrogen) atoms. The maximum absolute atomic E-state index is 12.4. The number of hydrogen-bond donors (Lipinski definition) is 4. The molecule has 3 atom stereocenters. The number of rotatable bonds is 39. The molecule has 0 bridgehead atoms. The Morgan fingerprint density at radius 1 is 0.490 bits per heavy atom. The highest BCUT2D eigenvalue weighted by Crippen LogP contribution is 2.14. The van der Waals surface area contributed by atoms with Gasteiger partial charge in [-0.25, -0.2) is 0 Å². The Labute approximate surface area is 316 Å². The number of carbonyl (C=O) groups is 1. The maximum Gasteiger partial charge on any atom is 0.220 e. The van der Waals surface area contributed by atoms with Gasteiger partial charge in [-0.1, -0.05) is 178 Å². The van der Waals surface area contributed by atoms with Gasteiger partial charge in [0.1, 0.15) is 6.10 Å². The average molecular weight is 716 g/mol. The fraction of sp³-hybridized carbons (Fsp3) is 0.804. The van der Waals surface area contributed by atoms with Crippen LogP contribution in [0.15, 0.2) is 48.6 Å². The highest BCUT2D eigenvalue weighted by molar-refractivity contribution is 5.76. The van der Waals surface area contributed by atoms with Crippen LogP contribution in [0.3, 0.4) is 0 Å². The molecule has 0 aromatic carbocycles. The molecule has 0 radical (unpaired) electrons. The molecule has 3 unspecified atom stereocenters. The molecule has 298 valence electrons. The van der Waals surface area contributed by atoms with Crippen molar-refractivity contribution in [2.45, 2.75) is 231 Å². The second kappa shape index (κ2) is 41.1. The van der Waals surface area contributed by atoms with Crippen LogP contribution in [0.4, 0.5) is 0 Å². The van der Waals surface area contributed by atoms with Crippen LogP contribution in [-0.2, 0) is 4.79 Å². The summed E-state index contributed by atoms with van der Waals surface area (Å²) in [4.78, 5) is 12.4. The first-order valence-electron chi connectivity index (χ1n) is 21.9. The van der Waals surface area contributed by atoms with Gasteiger partial charge >= 0.3 is 0 Å². The van der Waals surface area contributed by atoms with Gasteiger partial charge in [-0.05, 0) is 77.0 Å². The number of carbonyl (C=O) groups excluding carboxylic acids is 1. The minimum absolute atomic E-state index is 0.164. The summed E-state index contributed by atoms with van der Waals surface area (Å²) in [7, 11) is 0. The Bertz CT molecular complexity index is 835. The van der Waals surface area contributed by atoms with Crippen LogP contribution < -0.4 is 5.32 Å². The maximum atomic E-state index is 12.4. The van der Waals surface area contributed by atoms with Crippen molar-refractivity contribution in [3.63, 3.8) is 0 Å². The molecule has 0 aromatic heterocycles. The Morgan fingerprint density at radius 3 is 1.39 bits per heavy atom. The molecule has 0 aliphatic heterocycles. The van der Waals surface area contributed by atoms with Gasteiger partial charge in [-0.2, -0.15) is 0 Å². The van der Waals surface area contributed by atoms with Crippen LogP contribution in [0.25, 0.3) is 0 Å². The van der Waals surface area contributed by atoms with E-state index >= 15 is 0 Å². The molecule has 5 nitrogen and oxygen atoms in total. The summed E-state index contributed by atoms with van der Waals surface area (Å²) >= 11 is 0. The van der Waals surface area contributed by atoms with Gasteiger partial charge in [-0.15, -0.1) is 0 Å². The Hall–Kier alpha value is -1.69. The normalized spacial score (nSPS) is 14.1. The van der Waals surface area contributed by atoms with Crippen LogP contribution in [0.5, 0.6) is 0 Å². The molecule has 0 heterocycles. The van der Waals surface area contributed by atoms with Crippen molar-refractivity contribution >= 4 is 5.91 Å². The number of allylic oxidation sites excluding steroid dienone is 8. The Balaban J connectivity index is 3.60. The van der Waals surface area contributed by atoms with Crippen LogP contribution in [-0.4, -0.2) is 46.1 Å². The van der Waals surface area contributed by atoms with Gasteiger partial charge in [-0.3, -0.25) is 4.79 Å². The van der Waals surface area contributed by atoms with Gasteiger partial charge in [0.05, 0.1) is 18.8 Å². The number of aliphatic hydroxyl groups excluding tert-OH is 3. The van der Waals surface area contributed by atoms with Gasteiger partial charge in [0, 0.05) is 6.42 Å². The molecule has 4 N–H and O–H groups in total. The lowest BCUT2D eigenvalue weighted by Gasteiger charge is -2.26. The molecule has 0 aliphatic carbocycles. The predicted octanol–water partition coefficient (Wildman–Crippen LogP) is 12.5. The standard InChI is InChI=1S/C46H85NO4/c1-3-5-7-9-11-13-15-16-17-18-19-20-21-22-23-24-25-26-27-28-29-30-31-33-35-37-39-41-45(50)47-43(42-48)46(51)44(49)40-38-36-34-32-14-12-10-8-6-4-2/h8,10,19-20,22-23,32,34,43-44,46,48-49,51H,3-7,9,11-18,21,24-31,33,35-42H2,1-2H3,(H,47,50)/b10-8+,20-19-,23-22-,34-32+. The molecule has 0 aliphatic rings. The Kier molecular flexibility index (Phi) is 39.7. The van der Waals surface area contributed by atoms with E-state index in [2.05, 4.69) is 67.8 Å². The fourth-order valence-corrected chi connectivity index (χ4v) is 6.45. The van der Waals surface area contributed by atoms with E-state index in [1.165, 1.54) is 128 Å². The molecule has 0 saturated carbocycles. The quantitative estimate of drug-likeness (QED) is 0.0377. The lowest BCUT2D eigenvalue weighted by molar-refractivity contribution is -0.124. The first-order valence-corrected chi connectivity index (χ1v) is 21.9. The third-order valence-corrected chi connectivity index (χ3v) is 9.86. The molecule has 0 saturated heterocycles. The number of amides is 1. The van der Waals surface area contributed by atoms with Crippen molar-refractivity contribution in [2.24, 2.45) is 0 Å². The molecule has 0 spiro atoms. The molecule has 0 aromatic rings. The zero-order valence-electron chi connectivity index (χ0n) is 33.7. The second-order valence-corrected chi connectivity index (χ2v) is 14.9. The summed E-state index contributed by atoms with van der Waals surface area (Å²) in [6.07, 6.45) is 52.4. The van der Waals surface area contributed by atoms with Gasteiger partial charge in [0.25, 0.3) is 0 Å². The summed E-state index contributed by atoms with van der Waals surface area (Å²) in [5.74, 6) is -0.164. The van der Waals surface area contributed by atoms with Crippen LogP contribution in [0.1, 0.15) is 213 Å². The zero-order chi connectivity index (χ0) is 37.3. The largest absolute Gasteiger partial charge is 0.394 e. The average Bonchev–Trinajstić information content (AvgIpc) is 3.13. The zero-order valence-corrected chi connectivity index (χ0v) is 33.7. The van der Waals surface area contributed by atoms with E-state index in [4.69, 9.17) is 0 Å². The van der Waals surface area contributed by atoms with E-state index in [1.807, 2.05) is 0 Å². The summed E-state index contributed by atoms with van der Waals surface area (Å²) in [5.41, 5.74) is 0. The summed E-state index contributed by atoms with van der Waals surface area (Å²) in [6.45, 7) is 4.08. The third-order valence-electron chi connectivity index (χ3n) is 9.86. The van der Waals surface area contributed by atoms with Crippen molar-refractivity contribution in [1.29, 1.82) is 0 Å².